The maximum atomic E-state index is 13.0. The number of carbonyl (C=O) groups excluding carboxylic acids is 1. The monoisotopic (exact) mass is 332 g/mol. The van der Waals surface area contributed by atoms with Gasteiger partial charge in [-0.1, -0.05) is 19.4 Å². The Bertz CT molecular complexity index is 631. The van der Waals surface area contributed by atoms with Crippen LogP contribution in [0, 0.1) is 5.41 Å². The zero-order chi connectivity index (χ0) is 17.9. The van der Waals surface area contributed by atoms with Crippen molar-refractivity contribution in [3.8, 4) is 17.2 Å². The van der Waals surface area contributed by atoms with Gasteiger partial charge in [0.15, 0.2) is 17.3 Å². The minimum Gasteiger partial charge on any atom is -0.493 e. The molecule has 1 aliphatic rings. The SMILES string of the molecule is COc1cc(CC(=O)C2=C(C)CCCC2(C)C)cc(OC)c1OC. The van der Waals surface area contributed by atoms with E-state index in [9.17, 15) is 4.79 Å². The third-order valence-corrected chi connectivity index (χ3v) is 4.83. The van der Waals surface area contributed by atoms with Crippen molar-refractivity contribution < 1.29 is 19.0 Å². The van der Waals surface area contributed by atoms with E-state index >= 15 is 0 Å². The van der Waals surface area contributed by atoms with Gasteiger partial charge in [0, 0.05) is 12.0 Å². The zero-order valence-electron chi connectivity index (χ0n) is 15.6. The molecule has 24 heavy (non-hydrogen) atoms. The lowest BCUT2D eigenvalue weighted by atomic mass is 9.70. The highest BCUT2D eigenvalue weighted by Gasteiger charge is 2.32. The quantitative estimate of drug-likeness (QED) is 0.777. The van der Waals surface area contributed by atoms with Crippen molar-refractivity contribution in [3.63, 3.8) is 0 Å². The van der Waals surface area contributed by atoms with Gasteiger partial charge in [0.1, 0.15) is 0 Å². The number of ether oxygens (including phenoxy) is 3. The number of carbonyl (C=O) groups is 1. The van der Waals surface area contributed by atoms with Crippen LogP contribution in [0.3, 0.4) is 0 Å². The first-order valence-corrected chi connectivity index (χ1v) is 8.36. The van der Waals surface area contributed by atoms with Crippen LogP contribution in [0.2, 0.25) is 0 Å². The van der Waals surface area contributed by atoms with Crippen LogP contribution < -0.4 is 14.2 Å². The van der Waals surface area contributed by atoms with E-state index in [0.29, 0.717) is 23.7 Å². The van der Waals surface area contributed by atoms with Crippen LogP contribution in [0.1, 0.15) is 45.6 Å². The van der Waals surface area contributed by atoms with Crippen molar-refractivity contribution in [2.45, 2.75) is 46.5 Å². The van der Waals surface area contributed by atoms with Gasteiger partial charge >= 0.3 is 0 Å². The molecule has 132 valence electrons. The van der Waals surface area contributed by atoms with Crippen LogP contribution in [0.15, 0.2) is 23.3 Å². The molecule has 0 radical (unpaired) electrons. The predicted molar refractivity (Wildman–Crippen MR) is 95.1 cm³/mol. The summed E-state index contributed by atoms with van der Waals surface area (Å²) in [6.07, 6.45) is 3.56. The Morgan fingerprint density at radius 1 is 1.08 bits per heavy atom. The molecule has 1 aliphatic carbocycles. The Balaban J connectivity index is 2.35. The van der Waals surface area contributed by atoms with Crippen LogP contribution in [-0.2, 0) is 11.2 Å². The summed E-state index contributed by atoms with van der Waals surface area (Å²) in [5.41, 5.74) is 3.03. The van der Waals surface area contributed by atoms with Crippen molar-refractivity contribution in [1.82, 2.24) is 0 Å². The van der Waals surface area contributed by atoms with Gasteiger partial charge in [-0.25, -0.2) is 0 Å². The summed E-state index contributed by atoms with van der Waals surface area (Å²) < 4.78 is 16.1. The Kier molecular flexibility index (Phi) is 5.58. The number of hydrogen-bond donors (Lipinski definition) is 0. The van der Waals surface area contributed by atoms with Gasteiger partial charge in [0.2, 0.25) is 5.75 Å². The average Bonchev–Trinajstić information content (AvgIpc) is 2.52. The fourth-order valence-electron chi connectivity index (χ4n) is 3.75. The van der Waals surface area contributed by atoms with Crippen molar-refractivity contribution >= 4 is 5.78 Å². The number of hydrogen-bond acceptors (Lipinski definition) is 4. The van der Waals surface area contributed by atoms with E-state index in [4.69, 9.17) is 14.2 Å². The number of Topliss-reactive ketones (excluding diaryl/α,β-unsaturated/α-hetero) is 1. The van der Waals surface area contributed by atoms with Crippen molar-refractivity contribution in [2.75, 3.05) is 21.3 Å². The van der Waals surface area contributed by atoms with Gasteiger partial charge in [0.05, 0.1) is 21.3 Å². The molecule has 0 spiro atoms. The topological polar surface area (TPSA) is 44.8 Å². The minimum atomic E-state index is -0.0555. The second-order valence-electron chi connectivity index (χ2n) is 7.03. The summed E-state index contributed by atoms with van der Waals surface area (Å²) in [5.74, 6) is 1.89. The highest BCUT2D eigenvalue weighted by molar-refractivity contribution is 5.99. The summed E-state index contributed by atoms with van der Waals surface area (Å²) in [6, 6.07) is 3.70. The average molecular weight is 332 g/mol. The Morgan fingerprint density at radius 3 is 2.12 bits per heavy atom. The lowest BCUT2D eigenvalue weighted by molar-refractivity contribution is -0.116. The second kappa shape index (κ2) is 7.29. The molecule has 4 heteroatoms. The molecule has 0 atom stereocenters. The van der Waals surface area contributed by atoms with E-state index in [1.54, 1.807) is 21.3 Å². The normalized spacial score (nSPS) is 16.8. The summed E-state index contributed by atoms with van der Waals surface area (Å²) in [4.78, 5) is 13.0. The first-order valence-electron chi connectivity index (χ1n) is 8.36. The van der Waals surface area contributed by atoms with Gasteiger partial charge in [-0.3, -0.25) is 4.79 Å². The molecular formula is C20H28O4. The van der Waals surface area contributed by atoms with Gasteiger partial charge in [-0.05, 0) is 49.3 Å². The smallest absolute Gasteiger partial charge is 0.203 e. The largest absolute Gasteiger partial charge is 0.493 e. The van der Waals surface area contributed by atoms with E-state index in [0.717, 1.165) is 30.4 Å². The molecule has 0 N–H and O–H groups in total. The van der Waals surface area contributed by atoms with E-state index in [1.165, 1.54) is 5.57 Å². The standard InChI is InChI=1S/C20H28O4/c1-13-8-7-9-20(2,3)18(13)15(21)10-14-11-16(22-4)19(24-6)17(12-14)23-5/h11-12H,7-10H2,1-6H3. The molecule has 0 bridgehead atoms. The molecule has 0 saturated carbocycles. The zero-order valence-corrected chi connectivity index (χ0v) is 15.6. The molecule has 0 aliphatic heterocycles. The fourth-order valence-corrected chi connectivity index (χ4v) is 3.75. The minimum absolute atomic E-state index is 0.0555. The molecule has 0 saturated heterocycles. The lowest BCUT2D eigenvalue weighted by Crippen LogP contribution is -2.27. The third kappa shape index (κ3) is 3.58. The maximum Gasteiger partial charge on any atom is 0.203 e. The number of rotatable bonds is 6. The van der Waals surface area contributed by atoms with Crippen LogP contribution in [0.5, 0.6) is 17.2 Å². The van der Waals surface area contributed by atoms with Gasteiger partial charge in [-0.15, -0.1) is 0 Å². The predicted octanol–water partition coefficient (Wildman–Crippen LogP) is 4.35. The molecule has 1 aromatic carbocycles. The Labute approximate surface area is 144 Å². The van der Waals surface area contributed by atoms with Crippen LogP contribution >= 0.6 is 0 Å². The highest BCUT2D eigenvalue weighted by atomic mass is 16.5. The molecular weight excluding hydrogens is 304 g/mol. The number of methoxy groups -OCH3 is 3. The maximum absolute atomic E-state index is 13.0. The molecule has 1 aromatic rings. The van der Waals surface area contributed by atoms with Crippen molar-refractivity contribution in [1.29, 1.82) is 0 Å². The first kappa shape index (κ1) is 18.4. The number of benzene rings is 1. The van der Waals surface area contributed by atoms with E-state index < -0.39 is 0 Å². The van der Waals surface area contributed by atoms with E-state index in [-0.39, 0.29) is 11.2 Å². The van der Waals surface area contributed by atoms with Crippen molar-refractivity contribution in [2.24, 2.45) is 5.41 Å². The second-order valence-corrected chi connectivity index (χ2v) is 7.03. The summed E-state index contributed by atoms with van der Waals surface area (Å²) in [7, 11) is 4.74. The van der Waals surface area contributed by atoms with Crippen LogP contribution in [-0.4, -0.2) is 27.1 Å². The third-order valence-electron chi connectivity index (χ3n) is 4.83. The molecule has 4 nitrogen and oxygen atoms in total. The molecule has 0 heterocycles. The van der Waals surface area contributed by atoms with Crippen LogP contribution in [0.4, 0.5) is 0 Å². The molecule has 0 fully saturated rings. The van der Waals surface area contributed by atoms with Crippen LogP contribution in [0.25, 0.3) is 0 Å². The van der Waals surface area contributed by atoms with Crippen molar-refractivity contribution in [3.05, 3.63) is 28.8 Å². The number of ketones is 1. The molecule has 0 unspecified atom stereocenters. The van der Waals surface area contributed by atoms with Gasteiger partial charge < -0.3 is 14.2 Å². The van der Waals surface area contributed by atoms with E-state index in [1.807, 2.05) is 12.1 Å². The molecule has 0 aromatic heterocycles. The number of allylic oxidation sites excluding steroid dienone is 2. The highest BCUT2D eigenvalue weighted by Crippen LogP contribution is 2.42. The Morgan fingerprint density at radius 2 is 1.67 bits per heavy atom. The van der Waals surface area contributed by atoms with E-state index in [2.05, 4.69) is 20.8 Å². The molecule has 2 rings (SSSR count). The summed E-state index contributed by atoms with van der Waals surface area (Å²) in [5, 5.41) is 0. The lowest BCUT2D eigenvalue weighted by Gasteiger charge is -2.33. The molecule has 0 amide bonds. The first-order chi connectivity index (χ1) is 11.3. The van der Waals surface area contributed by atoms with Gasteiger partial charge in [0.25, 0.3) is 0 Å². The summed E-state index contributed by atoms with van der Waals surface area (Å²) >= 11 is 0. The van der Waals surface area contributed by atoms with Gasteiger partial charge in [-0.2, -0.15) is 0 Å². The Hall–Kier alpha value is -1.97. The summed E-state index contributed by atoms with van der Waals surface area (Å²) in [6.45, 7) is 6.42. The fraction of sp³-hybridized carbons (Fsp3) is 0.550.